The number of likely N-dealkylation sites (tertiary alicyclic amines) is 1. The van der Waals surface area contributed by atoms with Crippen molar-refractivity contribution in [3.8, 4) is 0 Å². The van der Waals surface area contributed by atoms with Crippen LogP contribution in [0.1, 0.15) is 20.3 Å². The molecular formula is C13H26N4O2. The summed E-state index contributed by atoms with van der Waals surface area (Å²) in [6.07, 6.45) is 1.10. The first-order valence-electron chi connectivity index (χ1n) is 6.96. The number of hydrogen-bond acceptors (Lipinski definition) is 4. The van der Waals surface area contributed by atoms with Gasteiger partial charge < -0.3 is 10.6 Å². The van der Waals surface area contributed by atoms with Crippen molar-refractivity contribution < 1.29 is 9.59 Å². The first-order valence-corrected chi connectivity index (χ1v) is 6.96. The third-order valence-electron chi connectivity index (χ3n) is 3.15. The van der Waals surface area contributed by atoms with Gasteiger partial charge in [0.05, 0.1) is 6.54 Å². The summed E-state index contributed by atoms with van der Waals surface area (Å²) >= 11 is 0. The van der Waals surface area contributed by atoms with Gasteiger partial charge in [0.15, 0.2) is 0 Å². The SMILES string of the molecule is CNCC1CCN(CC(=O)NC(=O)NCC(C)C)C1. The normalized spacial score (nSPS) is 19.7. The van der Waals surface area contributed by atoms with Gasteiger partial charge in [0.2, 0.25) is 5.91 Å². The Labute approximate surface area is 115 Å². The van der Waals surface area contributed by atoms with E-state index >= 15 is 0 Å². The molecule has 6 heteroatoms. The first kappa shape index (κ1) is 15.9. The zero-order chi connectivity index (χ0) is 14.3. The van der Waals surface area contributed by atoms with Gasteiger partial charge in [-0.15, -0.1) is 0 Å². The summed E-state index contributed by atoms with van der Waals surface area (Å²) in [6, 6.07) is -0.398. The number of nitrogens with one attached hydrogen (secondary N) is 3. The van der Waals surface area contributed by atoms with Crippen molar-refractivity contribution in [2.24, 2.45) is 11.8 Å². The number of imide groups is 1. The number of carbonyl (C=O) groups is 2. The van der Waals surface area contributed by atoms with E-state index in [4.69, 9.17) is 0 Å². The summed E-state index contributed by atoms with van der Waals surface area (Å²) in [5, 5.41) is 8.18. The largest absolute Gasteiger partial charge is 0.338 e. The van der Waals surface area contributed by atoms with Crippen LogP contribution in [0.2, 0.25) is 0 Å². The lowest BCUT2D eigenvalue weighted by molar-refractivity contribution is -0.120. The highest BCUT2D eigenvalue weighted by atomic mass is 16.2. The molecule has 0 bridgehead atoms. The van der Waals surface area contributed by atoms with Gasteiger partial charge >= 0.3 is 6.03 Å². The van der Waals surface area contributed by atoms with Crippen molar-refractivity contribution in [1.29, 1.82) is 0 Å². The lowest BCUT2D eigenvalue weighted by Crippen LogP contribution is -2.45. The quantitative estimate of drug-likeness (QED) is 0.636. The Hall–Kier alpha value is -1.14. The standard InChI is InChI=1S/C13H26N4O2/c1-10(2)6-15-13(19)16-12(18)9-17-5-4-11(8-17)7-14-3/h10-11,14H,4-9H2,1-3H3,(H2,15,16,18,19). The lowest BCUT2D eigenvalue weighted by atomic mass is 10.1. The molecule has 0 aliphatic carbocycles. The predicted molar refractivity (Wildman–Crippen MR) is 74.9 cm³/mol. The number of amides is 3. The minimum absolute atomic E-state index is 0.230. The molecule has 1 atom stereocenters. The van der Waals surface area contributed by atoms with Crippen molar-refractivity contribution in [2.45, 2.75) is 20.3 Å². The number of urea groups is 1. The van der Waals surface area contributed by atoms with E-state index in [-0.39, 0.29) is 5.91 Å². The number of carbonyl (C=O) groups excluding carboxylic acids is 2. The maximum atomic E-state index is 11.7. The molecule has 1 saturated heterocycles. The van der Waals surface area contributed by atoms with Crippen LogP contribution in [0.4, 0.5) is 4.79 Å². The Bertz CT molecular complexity index is 307. The van der Waals surface area contributed by atoms with Crippen LogP contribution in [0.15, 0.2) is 0 Å². The third-order valence-corrected chi connectivity index (χ3v) is 3.15. The molecule has 1 aliphatic rings. The van der Waals surface area contributed by atoms with Gasteiger partial charge in [-0.25, -0.2) is 4.79 Å². The minimum atomic E-state index is -0.398. The first-order chi connectivity index (χ1) is 9.01. The topological polar surface area (TPSA) is 73.5 Å². The van der Waals surface area contributed by atoms with Crippen LogP contribution >= 0.6 is 0 Å². The molecule has 3 amide bonds. The second kappa shape index (κ2) is 8.12. The molecule has 1 unspecified atom stereocenters. The van der Waals surface area contributed by atoms with Crippen molar-refractivity contribution in [3.05, 3.63) is 0 Å². The fraction of sp³-hybridized carbons (Fsp3) is 0.846. The van der Waals surface area contributed by atoms with Gasteiger partial charge in [-0.1, -0.05) is 13.8 Å². The molecular weight excluding hydrogens is 244 g/mol. The molecule has 6 nitrogen and oxygen atoms in total. The molecule has 0 aromatic carbocycles. The van der Waals surface area contributed by atoms with Crippen molar-refractivity contribution in [1.82, 2.24) is 20.9 Å². The zero-order valence-corrected chi connectivity index (χ0v) is 12.2. The van der Waals surface area contributed by atoms with Crippen LogP contribution in [-0.2, 0) is 4.79 Å². The molecule has 19 heavy (non-hydrogen) atoms. The lowest BCUT2D eigenvalue weighted by Gasteiger charge is -2.15. The van der Waals surface area contributed by atoms with Crippen LogP contribution < -0.4 is 16.0 Å². The average molecular weight is 270 g/mol. The summed E-state index contributed by atoms with van der Waals surface area (Å²) in [5.74, 6) is 0.751. The highest BCUT2D eigenvalue weighted by Gasteiger charge is 2.23. The molecule has 1 heterocycles. The molecule has 0 radical (unpaired) electrons. The Morgan fingerprint density at radius 1 is 1.37 bits per heavy atom. The zero-order valence-electron chi connectivity index (χ0n) is 12.2. The Morgan fingerprint density at radius 2 is 2.11 bits per heavy atom. The van der Waals surface area contributed by atoms with Crippen molar-refractivity contribution in [2.75, 3.05) is 39.8 Å². The monoisotopic (exact) mass is 270 g/mol. The molecule has 1 fully saturated rings. The summed E-state index contributed by atoms with van der Waals surface area (Å²) < 4.78 is 0. The van der Waals surface area contributed by atoms with Crippen LogP contribution in [0, 0.1) is 11.8 Å². The van der Waals surface area contributed by atoms with E-state index in [9.17, 15) is 9.59 Å². The maximum absolute atomic E-state index is 11.7. The van der Waals surface area contributed by atoms with Gasteiger partial charge in [0.25, 0.3) is 0 Å². The second-order valence-electron chi connectivity index (χ2n) is 5.60. The van der Waals surface area contributed by atoms with Crippen LogP contribution in [-0.4, -0.2) is 56.6 Å². The highest BCUT2D eigenvalue weighted by molar-refractivity contribution is 5.95. The molecule has 0 aromatic rings. The molecule has 0 aromatic heterocycles. The number of nitrogens with zero attached hydrogens (tertiary/aromatic N) is 1. The highest BCUT2D eigenvalue weighted by Crippen LogP contribution is 2.14. The van der Waals surface area contributed by atoms with Crippen LogP contribution in [0.3, 0.4) is 0 Å². The van der Waals surface area contributed by atoms with E-state index in [1.54, 1.807) is 0 Å². The molecule has 0 saturated carbocycles. The van der Waals surface area contributed by atoms with Gasteiger partial charge in [-0.2, -0.15) is 0 Å². The fourth-order valence-electron chi connectivity index (χ4n) is 2.22. The van der Waals surface area contributed by atoms with Gasteiger partial charge in [0.1, 0.15) is 0 Å². The predicted octanol–water partition coefficient (Wildman–Crippen LogP) is 0.00950. The van der Waals surface area contributed by atoms with Gasteiger partial charge in [0, 0.05) is 13.1 Å². The van der Waals surface area contributed by atoms with E-state index in [0.717, 1.165) is 26.1 Å². The number of rotatable bonds is 6. The van der Waals surface area contributed by atoms with Crippen molar-refractivity contribution in [3.63, 3.8) is 0 Å². The average Bonchev–Trinajstić information content (AvgIpc) is 2.74. The van der Waals surface area contributed by atoms with Crippen LogP contribution in [0.25, 0.3) is 0 Å². The Balaban J connectivity index is 2.19. The van der Waals surface area contributed by atoms with E-state index in [1.165, 1.54) is 0 Å². The van der Waals surface area contributed by atoms with E-state index in [2.05, 4.69) is 20.9 Å². The van der Waals surface area contributed by atoms with E-state index in [0.29, 0.717) is 24.9 Å². The van der Waals surface area contributed by atoms with E-state index in [1.807, 2.05) is 20.9 Å². The van der Waals surface area contributed by atoms with Gasteiger partial charge in [-0.05, 0) is 38.4 Å². The molecule has 0 spiro atoms. The molecule has 3 N–H and O–H groups in total. The minimum Gasteiger partial charge on any atom is -0.338 e. The Kier molecular flexibility index (Phi) is 6.80. The fourth-order valence-corrected chi connectivity index (χ4v) is 2.22. The van der Waals surface area contributed by atoms with Crippen LogP contribution in [0.5, 0.6) is 0 Å². The molecule has 110 valence electrons. The third kappa shape index (κ3) is 6.54. The second-order valence-corrected chi connectivity index (χ2v) is 5.60. The summed E-state index contributed by atoms with van der Waals surface area (Å²) in [6.45, 7) is 7.72. The van der Waals surface area contributed by atoms with Gasteiger partial charge in [-0.3, -0.25) is 15.0 Å². The smallest absolute Gasteiger partial charge is 0.321 e. The molecule has 1 rings (SSSR count). The summed E-state index contributed by atoms with van der Waals surface area (Å²) in [4.78, 5) is 25.2. The molecule has 1 aliphatic heterocycles. The summed E-state index contributed by atoms with van der Waals surface area (Å²) in [7, 11) is 1.94. The van der Waals surface area contributed by atoms with E-state index < -0.39 is 6.03 Å². The van der Waals surface area contributed by atoms with Crippen molar-refractivity contribution >= 4 is 11.9 Å². The number of hydrogen-bond donors (Lipinski definition) is 3. The Morgan fingerprint density at radius 3 is 2.74 bits per heavy atom. The maximum Gasteiger partial charge on any atom is 0.321 e. The summed E-state index contributed by atoms with van der Waals surface area (Å²) in [5.41, 5.74) is 0.